The van der Waals surface area contributed by atoms with Crippen LogP contribution in [-0.4, -0.2) is 30.3 Å². The van der Waals surface area contributed by atoms with Gasteiger partial charge in [-0.15, -0.1) is 0 Å². The number of hydrogen-bond acceptors (Lipinski definition) is 2. The van der Waals surface area contributed by atoms with Crippen molar-refractivity contribution in [2.45, 2.75) is 31.7 Å². The summed E-state index contributed by atoms with van der Waals surface area (Å²) < 4.78 is 0. The predicted octanol–water partition coefficient (Wildman–Crippen LogP) is 1.02. The van der Waals surface area contributed by atoms with Crippen molar-refractivity contribution in [1.29, 1.82) is 0 Å². The van der Waals surface area contributed by atoms with E-state index in [-0.39, 0.29) is 6.04 Å². The van der Waals surface area contributed by atoms with Gasteiger partial charge >= 0.3 is 0 Å². The second kappa shape index (κ2) is 4.95. The van der Waals surface area contributed by atoms with Crippen LogP contribution >= 0.6 is 0 Å². The molecule has 0 aliphatic carbocycles. The molecule has 1 rings (SSSR count). The summed E-state index contributed by atoms with van der Waals surface area (Å²) in [6, 6.07) is -0.0946. The molecule has 0 aromatic carbocycles. The molecule has 0 aromatic rings. The summed E-state index contributed by atoms with van der Waals surface area (Å²) in [5.74, 6) is 2.29. The third-order valence-electron chi connectivity index (χ3n) is 2.33. The van der Waals surface area contributed by atoms with Gasteiger partial charge in [-0.2, -0.15) is 0 Å². The summed E-state index contributed by atoms with van der Waals surface area (Å²) in [5.41, 5.74) is 0. The Kier molecular flexibility index (Phi) is 3.83. The van der Waals surface area contributed by atoms with Crippen LogP contribution in [0.4, 0.5) is 0 Å². The summed E-state index contributed by atoms with van der Waals surface area (Å²) in [5, 5.41) is 0. The number of likely N-dealkylation sites (tertiary alicyclic amines) is 1. The van der Waals surface area contributed by atoms with Crippen molar-refractivity contribution < 1.29 is 4.79 Å². The molecule has 2 heteroatoms. The summed E-state index contributed by atoms with van der Waals surface area (Å²) in [4.78, 5) is 12.8. The monoisotopic (exact) mass is 164 g/mol. The second-order valence-corrected chi connectivity index (χ2v) is 3.18. The topological polar surface area (TPSA) is 20.3 Å². The van der Waals surface area contributed by atoms with Crippen molar-refractivity contribution in [3.05, 3.63) is 6.42 Å². The van der Waals surface area contributed by atoms with Gasteiger partial charge in [0.05, 0.1) is 6.04 Å². The van der Waals surface area contributed by atoms with Gasteiger partial charge in [0.25, 0.3) is 0 Å². The molecule has 65 valence electrons. The maximum Gasteiger partial charge on any atom is 0.138 e. The molecule has 1 unspecified atom stereocenters. The largest absolute Gasteiger partial charge is 0.302 e. The van der Waals surface area contributed by atoms with Gasteiger partial charge < -0.3 is 4.79 Å². The molecule has 1 aliphatic rings. The minimum atomic E-state index is -0.0946. The Balaban J connectivity index is 2.41. The number of rotatable bonds is 3. The Morgan fingerprint density at radius 1 is 1.42 bits per heavy atom. The highest BCUT2D eigenvalue weighted by Gasteiger charge is 2.18. The van der Waals surface area contributed by atoms with E-state index in [2.05, 4.69) is 10.8 Å². The highest BCUT2D eigenvalue weighted by molar-refractivity contribution is 5.58. The average molecular weight is 164 g/mol. The van der Waals surface area contributed by atoms with Gasteiger partial charge in [-0.05, 0) is 32.4 Å². The summed E-state index contributed by atoms with van der Waals surface area (Å²) >= 11 is 0. The van der Waals surface area contributed by atoms with Gasteiger partial charge in [0.15, 0.2) is 0 Å². The Labute approximate surface area is 73.9 Å². The number of piperidine rings is 1. The first-order valence-corrected chi connectivity index (χ1v) is 4.47. The number of nitrogens with zero attached hydrogens (tertiary/aromatic N) is 1. The van der Waals surface area contributed by atoms with Gasteiger partial charge in [-0.25, -0.2) is 0 Å². The van der Waals surface area contributed by atoms with Crippen molar-refractivity contribution in [3.63, 3.8) is 0 Å². The molecule has 0 bridgehead atoms. The van der Waals surface area contributed by atoms with Crippen molar-refractivity contribution in [2.75, 3.05) is 13.1 Å². The first-order valence-electron chi connectivity index (χ1n) is 4.47. The maximum absolute atomic E-state index is 10.6. The molecule has 1 aliphatic heterocycles. The molecule has 0 amide bonds. The molecule has 1 saturated heterocycles. The van der Waals surface area contributed by atoms with Crippen LogP contribution in [0, 0.1) is 12.3 Å². The van der Waals surface area contributed by atoms with Gasteiger partial charge in [-0.3, -0.25) is 4.90 Å². The zero-order valence-corrected chi connectivity index (χ0v) is 7.25. The first kappa shape index (κ1) is 9.28. The Hall–Kier alpha value is -0.810. The normalized spacial score (nSPS) is 21.2. The van der Waals surface area contributed by atoms with E-state index in [4.69, 9.17) is 6.42 Å². The van der Waals surface area contributed by atoms with E-state index in [0.717, 1.165) is 19.4 Å². The van der Waals surface area contributed by atoms with Crippen LogP contribution in [-0.2, 0) is 4.79 Å². The molecular weight excluding hydrogens is 150 g/mol. The molecule has 2 nitrogen and oxygen atoms in total. The molecule has 0 spiro atoms. The third-order valence-corrected chi connectivity index (χ3v) is 2.33. The molecular formula is C10H14NO. The number of aldehydes is 1. The van der Waals surface area contributed by atoms with Crippen LogP contribution in [0.3, 0.4) is 0 Å². The van der Waals surface area contributed by atoms with Crippen LogP contribution in [0.5, 0.6) is 0 Å². The van der Waals surface area contributed by atoms with E-state index >= 15 is 0 Å². The molecule has 1 radical (unpaired) electrons. The van der Waals surface area contributed by atoms with E-state index in [1.807, 2.05) is 0 Å². The quantitative estimate of drug-likeness (QED) is 0.458. The fourth-order valence-corrected chi connectivity index (χ4v) is 1.62. The lowest BCUT2D eigenvalue weighted by Crippen LogP contribution is -2.39. The van der Waals surface area contributed by atoms with Crippen LogP contribution in [0.15, 0.2) is 0 Å². The Bertz CT molecular complexity index is 177. The van der Waals surface area contributed by atoms with E-state index in [0.29, 0.717) is 6.42 Å². The highest BCUT2D eigenvalue weighted by Crippen LogP contribution is 2.12. The molecule has 1 atom stereocenters. The van der Waals surface area contributed by atoms with Crippen LogP contribution in [0.2, 0.25) is 0 Å². The van der Waals surface area contributed by atoms with Crippen LogP contribution < -0.4 is 0 Å². The summed E-state index contributed by atoms with van der Waals surface area (Å²) in [7, 11) is 0. The Morgan fingerprint density at radius 3 is 2.58 bits per heavy atom. The standard InChI is InChI=1S/C10H14NO/c1-2-6-10(9-12)11-7-4-3-5-8-11/h9-10H,3-8H2. The maximum atomic E-state index is 10.6. The lowest BCUT2D eigenvalue weighted by molar-refractivity contribution is -0.112. The van der Waals surface area contributed by atoms with Gasteiger partial charge in [0, 0.05) is 6.42 Å². The zero-order valence-electron chi connectivity index (χ0n) is 7.25. The highest BCUT2D eigenvalue weighted by atomic mass is 16.1. The predicted molar refractivity (Wildman–Crippen MR) is 47.0 cm³/mol. The zero-order chi connectivity index (χ0) is 8.81. The summed E-state index contributed by atoms with van der Waals surface area (Å²) in [6.45, 7) is 2.01. The van der Waals surface area contributed by atoms with Crippen LogP contribution in [0.1, 0.15) is 25.7 Å². The average Bonchev–Trinajstić information content (AvgIpc) is 2.15. The molecule has 1 heterocycles. The molecule has 0 saturated carbocycles. The number of carbonyl (C=O) groups is 1. The van der Waals surface area contributed by atoms with Gasteiger partial charge in [-0.1, -0.05) is 12.3 Å². The number of carbonyl (C=O) groups excluding carboxylic acids is 1. The fraction of sp³-hybridized carbons (Fsp3) is 0.700. The smallest absolute Gasteiger partial charge is 0.138 e. The number of hydrogen-bond donors (Lipinski definition) is 0. The van der Waals surface area contributed by atoms with Crippen molar-refractivity contribution in [1.82, 2.24) is 4.90 Å². The van der Waals surface area contributed by atoms with Crippen LogP contribution in [0.25, 0.3) is 0 Å². The minimum absolute atomic E-state index is 0.0946. The third kappa shape index (κ3) is 2.35. The second-order valence-electron chi connectivity index (χ2n) is 3.18. The van der Waals surface area contributed by atoms with E-state index in [1.165, 1.54) is 19.3 Å². The molecule has 1 fully saturated rings. The minimum Gasteiger partial charge on any atom is -0.302 e. The van der Waals surface area contributed by atoms with Crippen molar-refractivity contribution in [2.24, 2.45) is 0 Å². The van der Waals surface area contributed by atoms with E-state index in [1.54, 1.807) is 0 Å². The van der Waals surface area contributed by atoms with Crippen molar-refractivity contribution in [3.8, 4) is 5.92 Å². The molecule has 12 heavy (non-hydrogen) atoms. The summed E-state index contributed by atoms with van der Waals surface area (Å²) in [6.07, 6.45) is 11.8. The lowest BCUT2D eigenvalue weighted by Gasteiger charge is -2.30. The van der Waals surface area contributed by atoms with Crippen molar-refractivity contribution >= 4 is 6.29 Å². The fourth-order valence-electron chi connectivity index (χ4n) is 1.62. The lowest BCUT2D eigenvalue weighted by atomic mass is 10.1. The first-order chi connectivity index (χ1) is 5.88. The Morgan fingerprint density at radius 2 is 2.08 bits per heavy atom. The van der Waals surface area contributed by atoms with Gasteiger partial charge in [0.2, 0.25) is 0 Å². The SMILES string of the molecule is [C]#CCC(C=O)N1CCCCC1. The molecule has 0 aromatic heterocycles. The molecule has 0 N–H and O–H groups in total. The van der Waals surface area contributed by atoms with E-state index in [9.17, 15) is 4.79 Å². The van der Waals surface area contributed by atoms with E-state index < -0.39 is 0 Å². The van der Waals surface area contributed by atoms with Gasteiger partial charge in [0.1, 0.15) is 6.29 Å².